The van der Waals surface area contributed by atoms with Gasteiger partial charge in [0.1, 0.15) is 11.5 Å². The zero-order valence-corrected chi connectivity index (χ0v) is 11.0. The first-order valence-electron chi connectivity index (χ1n) is 5.56. The van der Waals surface area contributed by atoms with Crippen molar-refractivity contribution in [2.24, 2.45) is 0 Å². The molecule has 0 unspecified atom stereocenters. The molecule has 0 spiro atoms. The van der Waals surface area contributed by atoms with Crippen LogP contribution in [0.5, 0.6) is 11.5 Å². The van der Waals surface area contributed by atoms with Crippen molar-refractivity contribution < 1.29 is 22.8 Å². The summed E-state index contributed by atoms with van der Waals surface area (Å²) in [6, 6.07) is 7.58. The summed E-state index contributed by atoms with van der Waals surface area (Å²) < 4.78 is 42.5. The van der Waals surface area contributed by atoms with Gasteiger partial charge in [0.25, 0.3) is 5.69 Å². The van der Waals surface area contributed by atoms with Crippen molar-refractivity contribution in [1.29, 1.82) is 0 Å². The molecule has 0 N–H and O–H groups in total. The van der Waals surface area contributed by atoms with E-state index < -0.39 is 16.7 Å². The number of benzene rings is 2. The third-order valence-electron chi connectivity index (χ3n) is 2.54. The fraction of sp³-hybridized carbons (Fsp3) is 0.0769. The van der Waals surface area contributed by atoms with Crippen LogP contribution in [0.4, 0.5) is 18.9 Å². The third kappa shape index (κ3) is 3.63. The van der Waals surface area contributed by atoms with E-state index in [4.69, 9.17) is 16.3 Å². The monoisotopic (exact) mass is 317 g/mol. The number of halogens is 4. The van der Waals surface area contributed by atoms with Crippen LogP contribution in [0, 0.1) is 10.1 Å². The minimum atomic E-state index is -4.43. The Bertz CT molecular complexity index is 671. The number of alkyl halides is 3. The van der Waals surface area contributed by atoms with E-state index in [2.05, 4.69) is 0 Å². The molecule has 0 atom stereocenters. The van der Waals surface area contributed by atoms with Gasteiger partial charge in [-0.2, -0.15) is 13.2 Å². The number of hydrogen-bond donors (Lipinski definition) is 0. The Morgan fingerprint density at radius 3 is 2.19 bits per heavy atom. The predicted octanol–water partition coefficient (Wildman–Crippen LogP) is 5.06. The predicted molar refractivity (Wildman–Crippen MR) is 69.6 cm³/mol. The molecule has 0 amide bonds. The molecule has 0 bridgehead atoms. The highest BCUT2D eigenvalue weighted by atomic mass is 35.5. The second kappa shape index (κ2) is 5.61. The summed E-state index contributed by atoms with van der Waals surface area (Å²) >= 11 is 5.82. The smallest absolute Gasteiger partial charge is 0.416 e. The molecule has 0 radical (unpaired) electrons. The maximum atomic E-state index is 12.4. The lowest BCUT2D eigenvalue weighted by atomic mass is 10.2. The van der Waals surface area contributed by atoms with Gasteiger partial charge in [-0.05, 0) is 30.3 Å². The van der Waals surface area contributed by atoms with E-state index in [9.17, 15) is 23.3 Å². The Balaban J connectivity index is 2.20. The van der Waals surface area contributed by atoms with Gasteiger partial charge < -0.3 is 4.74 Å². The largest absolute Gasteiger partial charge is 0.456 e. The molecule has 0 aromatic heterocycles. The van der Waals surface area contributed by atoms with Gasteiger partial charge in [-0.3, -0.25) is 10.1 Å². The SMILES string of the molecule is O=[N+]([O-])c1ccc(Oc2ccc(C(F)(F)F)cc2)c(Cl)c1. The molecule has 0 fully saturated rings. The zero-order chi connectivity index (χ0) is 15.6. The first kappa shape index (κ1) is 15.1. The van der Waals surface area contributed by atoms with E-state index in [1.807, 2.05) is 0 Å². The van der Waals surface area contributed by atoms with Crippen molar-refractivity contribution in [2.75, 3.05) is 0 Å². The summed E-state index contributed by atoms with van der Waals surface area (Å²) in [7, 11) is 0. The molecule has 2 aromatic carbocycles. The van der Waals surface area contributed by atoms with Gasteiger partial charge in [-0.1, -0.05) is 11.6 Å². The maximum absolute atomic E-state index is 12.4. The first-order valence-corrected chi connectivity index (χ1v) is 5.94. The van der Waals surface area contributed by atoms with Gasteiger partial charge in [-0.15, -0.1) is 0 Å². The van der Waals surface area contributed by atoms with Crippen LogP contribution >= 0.6 is 11.6 Å². The van der Waals surface area contributed by atoms with Crippen molar-refractivity contribution in [3.8, 4) is 11.5 Å². The van der Waals surface area contributed by atoms with E-state index in [0.717, 1.165) is 30.3 Å². The number of rotatable bonds is 3. The van der Waals surface area contributed by atoms with Crippen LogP contribution in [0.15, 0.2) is 42.5 Å². The molecule has 0 aliphatic heterocycles. The van der Waals surface area contributed by atoms with Crippen molar-refractivity contribution in [1.82, 2.24) is 0 Å². The Hall–Kier alpha value is -2.28. The molecule has 21 heavy (non-hydrogen) atoms. The van der Waals surface area contributed by atoms with Crippen LogP contribution in [0.1, 0.15) is 5.56 Å². The highest BCUT2D eigenvalue weighted by Crippen LogP contribution is 2.34. The van der Waals surface area contributed by atoms with E-state index in [-0.39, 0.29) is 22.2 Å². The molecule has 8 heteroatoms. The lowest BCUT2D eigenvalue weighted by Gasteiger charge is -2.09. The highest BCUT2D eigenvalue weighted by Gasteiger charge is 2.30. The summed E-state index contributed by atoms with van der Waals surface area (Å²) in [5.41, 5.74) is -1.01. The standard InChI is InChI=1S/C13H7ClF3NO3/c14-11-7-9(18(19)20)3-6-12(11)21-10-4-1-8(2-5-10)13(15,16)17/h1-7H. The average molecular weight is 318 g/mol. The Labute approximate surface area is 121 Å². The molecule has 0 aliphatic rings. The fourth-order valence-electron chi connectivity index (χ4n) is 1.53. The zero-order valence-electron chi connectivity index (χ0n) is 10.2. The van der Waals surface area contributed by atoms with Crippen molar-refractivity contribution in [2.45, 2.75) is 6.18 Å². The lowest BCUT2D eigenvalue weighted by molar-refractivity contribution is -0.384. The topological polar surface area (TPSA) is 52.4 Å². The van der Waals surface area contributed by atoms with Crippen LogP contribution in [0.25, 0.3) is 0 Å². The van der Waals surface area contributed by atoms with Gasteiger partial charge in [0.15, 0.2) is 0 Å². The average Bonchev–Trinajstić information content (AvgIpc) is 2.40. The molecule has 0 saturated carbocycles. The molecule has 2 aromatic rings. The normalized spacial score (nSPS) is 11.2. The summed E-state index contributed by atoms with van der Waals surface area (Å²) in [6.07, 6.45) is -4.43. The number of nitro benzene ring substituents is 1. The van der Waals surface area contributed by atoms with Gasteiger partial charge in [0.2, 0.25) is 0 Å². The number of nitro groups is 1. The van der Waals surface area contributed by atoms with Gasteiger partial charge in [-0.25, -0.2) is 0 Å². The molecule has 110 valence electrons. The van der Waals surface area contributed by atoms with E-state index in [1.165, 1.54) is 12.1 Å². The molecule has 0 aliphatic carbocycles. The summed E-state index contributed by atoms with van der Waals surface area (Å²) in [5, 5.41) is 10.5. The Morgan fingerprint density at radius 1 is 1.10 bits per heavy atom. The molecular formula is C13H7ClF3NO3. The molecule has 2 rings (SSSR count). The minimum absolute atomic E-state index is 0.0101. The summed E-state index contributed by atoms with van der Waals surface area (Å²) in [6.45, 7) is 0. The first-order chi connectivity index (χ1) is 9.77. The Morgan fingerprint density at radius 2 is 1.71 bits per heavy atom. The third-order valence-corrected chi connectivity index (χ3v) is 2.83. The molecule has 0 saturated heterocycles. The van der Waals surface area contributed by atoms with Gasteiger partial charge in [0, 0.05) is 12.1 Å². The summed E-state index contributed by atoms with van der Waals surface area (Å²) in [5.74, 6) is 0.251. The maximum Gasteiger partial charge on any atom is 0.416 e. The molecular weight excluding hydrogens is 311 g/mol. The highest BCUT2D eigenvalue weighted by molar-refractivity contribution is 6.32. The van der Waals surface area contributed by atoms with Crippen molar-refractivity contribution in [3.63, 3.8) is 0 Å². The lowest BCUT2D eigenvalue weighted by Crippen LogP contribution is -2.04. The van der Waals surface area contributed by atoms with Crippen LogP contribution in [-0.4, -0.2) is 4.92 Å². The van der Waals surface area contributed by atoms with Crippen LogP contribution < -0.4 is 4.74 Å². The fourth-order valence-corrected chi connectivity index (χ4v) is 1.74. The van der Waals surface area contributed by atoms with Crippen LogP contribution in [0.3, 0.4) is 0 Å². The number of non-ortho nitro benzene ring substituents is 1. The van der Waals surface area contributed by atoms with Crippen molar-refractivity contribution in [3.05, 3.63) is 63.2 Å². The number of hydrogen-bond acceptors (Lipinski definition) is 3. The molecule has 0 heterocycles. The van der Waals surface area contributed by atoms with Gasteiger partial charge in [0.05, 0.1) is 15.5 Å². The number of nitrogens with zero attached hydrogens (tertiary/aromatic N) is 1. The summed E-state index contributed by atoms with van der Waals surface area (Å²) in [4.78, 5) is 9.94. The van der Waals surface area contributed by atoms with Crippen LogP contribution in [0.2, 0.25) is 5.02 Å². The quantitative estimate of drug-likeness (QED) is 0.587. The Kier molecular flexibility index (Phi) is 4.04. The molecule has 4 nitrogen and oxygen atoms in total. The van der Waals surface area contributed by atoms with E-state index in [1.54, 1.807) is 0 Å². The van der Waals surface area contributed by atoms with Crippen molar-refractivity contribution >= 4 is 17.3 Å². The van der Waals surface area contributed by atoms with Gasteiger partial charge >= 0.3 is 6.18 Å². The second-order valence-corrected chi connectivity index (χ2v) is 4.40. The van der Waals surface area contributed by atoms with Crippen LogP contribution in [-0.2, 0) is 6.18 Å². The number of ether oxygens (including phenoxy) is 1. The van der Waals surface area contributed by atoms with E-state index >= 15 is 0 Å². The minimum Gasteiger partial charge on any atom is -0.456 e. The second-order valence-electron chi connectivity index (χ2n) is 4.00. The van der Waals surface area contributed by atoms with E-state index in [0.29, 0.717) is 0 Å².